The van der Waals surface area contributed by atoms with Crippen LogP contribution in [0.25, 0.3) is 0 Å². The number of nitrogens with zero attached hydrogens (tertiary/aromatic N) is 1. The van der Waals surface area contributed by atoms with E-state index in [0.717, 1.165) is 25.9 Å². The minimum atomic E-state index is -0.149. The summed E-state index contributed by atoms with van der Waals surface area (Å²) >= 11 is 0. The number of hydrogen-bond acceptors (Lipinski definition) is 3. The van der Waals surface area contributed by atoms with Crippen molar-refractivity contribution in [3.8, 4) is 0 Å². The molecule has 0 aliphatic carbocycles. The lowest BCUT2D eigenvalue weighted by molar-refractivity contribution is -0.131. The van der Waals surface area contributed by atoms with Crippen molar-refractivity contribution in [1.29, 1.82) is 0 Å². The number of amides is 1. The van der Waals surface area contributed by atoms with Gasteiger partial charge in [0.2, 0.25) is 5.91 Å². The summed E-state index contributed by atoms with van der Waals surface area (Å²) in [5, 5.41) is 3.33. The maximum Gasteiger partial charge on any atom is 0.248 e. The number of nitrogens with one attached hydrogen (secondary N) is 1. The lowest BCUT2D eigenvalue weighted by Crippen LogP contribution is -2.51. The second-order valence-electron chi connectivity index (χ2n) is 4.66. The number of carbonyl (C=O) groups is 1. The first kappa shape index (κ1) is 11.6. The van der Waals surface area contributed by atoms with Crippen molar-refractivity contribution in [2.45, 2.75) is 44.6 Å². The van der Waals surface area contributed by atoms with Crippen LogP contribution in [0.15, 0.2) is 12.7 Å². The van der Waals surface area contributed by atoms with Crippen LogP contribution in [-0.2, 0) is 9.53 Å². The quantitative estimate of drug-likeness (QED) is 0.672. The van der Waals surface area contributed by atoms with Crippen molar-refractivity contribution in [2.24, 2.45) is 0 Å². The lowest BCUT2D eigenvalue weighted by Gasteiger charge is -2.37. The van der Waals surface area contributed by atoms with E-state index in [-0.39, 0.29) is 23.8 Å². The Balaban J connectivity index is 2.20. The van der Waals surface area contributed by atoms with Gasteiger partial charge in [-0.1, -0.05) is 6.58 Å². The first-order valence-corrected chi connectivity index (χ1v) is 5.94. The first-order valence-electron chi connectivity index (χ1n) is 5.94. The fourth-order valence-electron chi connectivity index (χ4n) is 2.92. The molecule has 0 saturated carbocycles. The summed E-state index contributed by atoms with van der Waals surface area (Å²) in [4.78, 5) is 13.6. The molecule has 1 amide bonds. The smallest absolute Gasteiger partial charge is 0.248 e. The van der Waals surface area contributed by atoms with E-state index in [4.69, 9.17) is 4.74 Å². The molecular formula is C12H20N2O2. The monoisotopic (exact) mass is 224 g/mol. The zero-order valence-corrected chi connectivity index (χ0v) is 10.0. The van der Waals surface area contributed by atoms with E-state index in [1.165, 1.54) is 6.08 Å². The van der Waals surface area contributed by atoms with E-state index < -0.39 is 0 Å². The Morgan fingerprint density at radius 1 is 1.50 bits per heavy atom. The highest BCUT2D eigenvalue weighted by Gasteiger charge is 2.51. The van der Waals surface area contributed by atoms with Crippen LogP contribution in [0.3, 0.4) is 0 Å². The summed E-state index contributed by atoms with van der Waals surface area (Å²) in [7, 11) is 0. The number of hydrogen-bond donors (Lipinski definition) is 1. The minimum absolute atomic E-state index is 0.0320. The van der Waals surface area contributed by atoms with Gasteiger partial charge < -0.3 is 15.0 Å². The molecule has 0 bridgehead atoms. The van der Waals surface area contributed by atoms with Gasteiger partial charge in [-0.3, -0.25) is 4.79 Å². The molecule has 4 nitrogen and oxygen atoms in total. The highest BCUT2D eigenvalue weighted by atomic mass is 16.5. The van der Waals surface area contributed by atoms with E-state index >= 15 is 0 Å². The van der Waals surface area contributed by atoms with Gasteiger partial charge in [-0.15, -0.1) is 0 Å². The van der Waals surface area contributed by atoms with Gasteiger partial charge >= 0.3 is 0 Å². The van der Waals surface area contributed by atoms with E-state index in [1.54, 1.807) is 4.90 Å². The molecule has 0 aromatic heterocycles. The first-order chi connectivity index (χ1) is 7.60. The summed E-state index contributed by atoms with van der Waals surface area (Å²) in [5.74, 6) is -0.0320. The molecule has 0 radical (unpaired) electrons. The molecule has 2 saturated heterocycles. The predicted molar refractivity (Wildman–Crippen MR) is 61.9 cm³/mol. The predicted octanol–water partition coefficient (Wildman–Crippen LogP) is 0.888. The molecule has 2 atom stereocenters. The van der Waals surface area contributed by atoms with Gasteiger partial charge in [0.15, 0.2) is 0 Å². The number of rotatable bonds is 1. The third-order valence-corrected chi connectivity index (χ3v) is 3.85. The lowest BCUT2D eigenvalue weighted by atomic mass is 9.86. The van der Waals surface area contributed by atoms with Gasteiger partial charge in [0.1, 0.15) is 6.23 Å². The second kappa shape index (κ2) is 4.18. The topological polar surface area (TPSA) is 41.6 Å². The van der Waals surface area contributed by atoms with Crippen molar-refractivity contribution in [3.05, 3.63) is 12.7 Å². The van der Waals surface area contributed by atoms with Crippen LogP contribution in [0, 0.1) is 0 Å². The van der Waals surface area contributed by atoms with E-state index in [0.29, 0.717) is 0 Å². The van der Waals surface area contributed by atoms with Crippen LogP contribution in [0.1, 0.15) is 26.7 Å². The molecular weight excluding hydrogens is 204 g/mol. The van der Waals surface area contributed by atoms with Gasteiger partial charge in [0, 0.05) is 0 Å². The van der Waals surface area contributed by atoms with E-state index in [1.807, 2.05) is 6.92 Å². The standard InChI is InChI=1S/C12H20N2O2/c1-4-11(15)14-9(2)12(16-10(14)3)5-7-13-8-6-12/h4,9-10,13H,1,5-8H2,2-3H3/t9-,10?/m0/s1. The summed E-state index contributed by atoms with van der Waals surface area (Å²) in [5.41, 5.74) is -0.149. The molecule has 1 unspecified atom stereocenters. The Morgan fingerprint density at radius 2 is 2.12 bits per heavy atom. The zero-order chi connectivity index (χ0) is 11.8. The van der Waals surface area contributed by atoms with Crippen LogP contribution in [0.5, 0.6) is 0 Å². The minimum Gasteiger partial charge on any atom is -0.350 e. The maximum absolute atomic E-state index is 11.8. The average molecular weight is 224 g/mol. The van der Waals surface area contributed by atoms with E-state index in [9.17, 15) is 4.79 Å². The fraction of sp³-hybridized carbons (Fsp3) is 0.750. The van der Waals surface area contributed by atoms with Crippen molar-refractivity contribution in [3.63, 3.8) is 0 Å². The molecule has 1 spiro atoms. The third kappa shape index (κ3) is 1.66. The highest BCUT2D eigenvalue weighted by molar-refractivity contribution is 5.87. The van der Waals surface area contributed by atoms with Crippen molar-refractivity contribution in [2.75, 3.05) is 13.1 Å². The average Bonchev–Trinajstić information content (AvgIpc) is 2.51. The molecule has 2 aliphatic heterocycles. The Kier molecular flexibility index (Phi) is 3.04. The van der Waals surface area contributed by atoms with Crippen LogP contribution in [0.2, 0.25) is 0 Å². The van der Waals surface area contributed by atoms with E-state index in [2.05, 4.69) is 18.8 Å². The number of ether oxygens (including phenoxy) is 1. The van der Waals surface area contributed by atoms with Crippen LogP contribution >= 0.6 is 0 Å². The van der Waals surface area contributed by atoms with Crippen LogP contribution in [-0.4, -0.2) is 41.8 Å². The van der Waals surface area contributed by atoms with Crippen molar-refractivity contribution in [1.82, 2.24) is 10.2 Å². The van der Waals surface area contributed by atoms with Gasteiger partial charge in [-0.2, -0.15) is 0 Å². The normalized spacial score (nSPS) is 33.0. The fourth-order valence-corrected chi connectivity index (χ4v) is 2.92. The summed E-state index contributed by atoms with van der Waals surface area (Å²) in [6.45, 7) is 9.50. The zero-order valence-electron chi connectivity index (χ0n) is 10.0. The Labute approximate surface area is 96.6 Å². The third-order valence-electron chi connectivity index (χ3n) is 3.85. The molecule has 0 aromatic rings. The molecule has 16 heavy (non-hydrogen) atoms. The van der Waals surface area contributed by atoms with Crippen LogP contribution in [0.4, 0.5) is 0 Å². The molecule has 0 aromatic carbocycles. The second-order valence-corrected chi connectivity index (χ2v) is 4.66. The summed E-state index contributed by atoms with van der Waals surface area (Å²) in [6, 6.07) is 0.134. The van der Waals surface area contributed by atoms with Gasteiger partial charge in [0.05, 0.1) is 11.6 Å². The SMILES string of the molecule is C=CC(=O)N1C(C)OC2(CCNCC2)[C@@H]1C. The Bertz CT molecular complexity index is 297. The van der Waals surface area contributed by atoms with Gasteiger partial charge in [0.25, 0.3) is 0 Å². The highest BCUT2D eigenvalue weighted by Crippen LogP contribution is 2.38. The van der Waals surface area contributed by atoms with Gasteiger partial charge in [-0.25, -0.2) is 0 Å². The number of piperidine rings is 1. The Hall–Kier alpha value is -0.870. The summed E-state index contributed by atoms with van der Waals surface area (Å²) in [6.07, 6.45) is 3.17. The molecule has 2 heterocycles. The molecule has 1 N–H and O–H groups in total. The maximum atomic E-state index is 11.8. The molecule has 2 rings (SSSR count). The van der Waals surface area contributed by atoms with Gasteiger partial charge in [-0.05, 0) is 45.9 Å². The largest absolute Gasteiger partial charge is 0.350 e. The molecule has 4 heteroatoms. The van der Waals surface area contributed by atoms with Crippen molar-refractivity contribution < 1.29 is 9.53 Å². The molecule has 2 aliphatic rings. The molecule has 90 valence electrons. The summed E-state index contributed by atoms with van der Waals surface area (Å²) < 4.78 is 6.05. The van der Waals surface area contributed by atoms with Crippen molar-refractivity contribution >= 4 is 5.91 Å². The Morgan fingerprint density at radius 3 is 2.69 bits per heavy atom. The van der Waals surface area contributed by atoms with Crippen LogP contribution < -0.4 is 5.32 Å². The molecule has 2 fully saturated rings. The number of carbonyl (C=O) groups excluding carboxylic acids is 1.